The average molecular weight is 334 g/mol. The van der Waals surface area contributed by atoms with Gasteiger partial charge in [-0.15, -0.1) is 24.8 Å². The van der Waals surface area contributed by atoms with E-state index in [-0.39, 0.29) is 24.8 Å². The fraction of sp³-hybridized carbons (Fsp3) is 0.625. The van der Waals surface area contributed by atoms with Crippen molar-refractivity contribution >= 4 is 24.8 Å². The number of halogens is 2. The molecule has 1 aliphatic rings. The minimum Gasteiger partial charge on any atom is -0.314 e. The third kappa shape index (κ3) is 6.13. The van der Waals surface area contributed by atoms with E-state index in [0.29, 0.717) is 6.04 Å². The summed E-state index contributed by atoms with van der Waals surface area (Å²) >= 11 is 0. The van der Waals surface area contributed by atoms with Gasteiger partial charge in [0.05, 0.1) is 0 Å². The summed E-state index contributed by atoms with van der Waals surface area (Å²) in [5, 5.41) is 3.40. The lowest BCUT2D eigenvalue weighted by atomic mass is 10.0. The largest absolute Gasteiger partial charge is 0.314 e. The second-order valence-electron chi connectivity index (χ2n) is 5.60. The maximum absolute atomic E-state index is 3.40. The Labute approximate surface area is 141 Å². The van der Waals surface area contributed by atoms with Gasteiger partial charge >= 0.3 is 0 Å². The van der Waals surface area contributed by atoms with Gasteiger partial charge in [0.25, 0.3) is 0 Å². The Balaban J connectivity index is 0.00000200. The van der Waals surface area contributed by atoms with Crippen LogP contribution >= 0.6 is 24.8 Å². The Morgan fingerprint density at radius 3 is 2.43 bits per heavy atom. The number of likely N-dealkylation sites (N-methyl/N-ethyl adjacent to an activating group) is 1. The fourth-order valence-corrected chi connectivity index (χ4v) is 2.72. The van der Waals surface area contributed by atoms with Crippen LogP contribution in [-0.2, 0) is 0 Å². The highest BCUT2D eigenvalue weighted by Gasteiger charge is 2.15. The molecule has 0 aliphatic carbocycles. The first-order valence-electron chi connectivity index (χ1n) is 7.37. The predicted octanol–water partition coefficient (Wildman–Crippen LogP) is 2.74. The number of nitrogens with zero attached hydrogens (tertiary/aromatic N) is 2. The predicted molar refractivity (Wildman–Crippen MR) is 96.0 cm³/mol. The number of aryl methyl sites for hydroxylation is 1. The van der Waals surface area contributed by atoms with E-state index in [1.165, 1.54) is 30.8 Å². The molecule has 1 unspecified atom stereocenters. The van der Waals surface area contributed by atoms with E-state index in [1.807, 2.05) is 0 Å². The summed E-state index contributed by atoms with van der Waals surface area (Å²) in [6.45, 7) is 11.5. The Bertz CT molecular complexity index is 395. The van der Waals surface area contributed by atoms with Crippen molar-refractivity contribution in [3.63, 3.8) is 0 Å². The van der Waals surface area contributed by atoms with Gasteiger partial charge in [-0.2, -0.15) is 0 Å². The molecule has 1 aromatic carbocycles. The summed E-state index contributed by atoms with van der Waals surface area (Å²) in [7, 11) is 2.24. The van der Waals surface area contributed by atoms with Gasteiger partial charge in [-0.3, -0.25) is 9.80 Å². The number of hydrogen-bond donors (Lipinski definition) is 1. The summed E-state index contributed by atoms with van der Waals surface area (Å²) < 4.78 is 0. The van der Waals surface area contributed by atoms with Gasteiger partial charge in [0.15, 0.2) is 0 Å². The molecule has 3 nitrogen and oxygen atoms in total. The zero-order valence-corrected chi connectivity index (χ0v) is 15.0. The number of hydrogen-bond acceptors (Lipinski definition) is 3. The quantitative estimate of drug-likeness (QED) is 0.893. The molecule has 0 saturated carbocycles. The minimum atomic E-state index is 0. The lowest BCUT2D eigenvalue weighted by Crippen LogP contribution is -2.46. The van der Waals surface area contributed by atoms with Crippen LogP contribution in [0.15, 0.2) is 24.3 Å². The van der Waals surface area contributed by atoms with Crippen LogP contribution in [-0.4, -0.2) is 56.1 Å². The summed E-state index contributed by atoms with van der Waals surface area (Å²) in [5.41, 5.74) is 2.84. The number of benzene rings is 1. The maximum atomic E-state index is 3.40. The van der Waals surface area contributed by atoms with Crippen molar-refractivity contribution < 1.29 is 0 Å². The molecule has 2 rings (SSSR count). The number of piperazine rings is 1. The number of rotatable bonds is 5. The molecule has 1 atom stereocenters. The van der Waals surface area contributed by atoms with E-state index in [2.05, 4.69) is 60.3 Å². The highest BCUT2D eigenvalue weighted by molar-refractivity contribution is 5.85. The zero-order valence-electron chi connectivity index (χ0n) is 13.3. The third-order valence-corrected chi connectivity index (χ3v) is 4.28. The van der Waals surface area contributed by atoms with Crippen LogP contribution in [0.2, 0.25) is 0 Å². The molecule has 0 spiro atoms. The highest BCUT2D eigenvalue weighted by atomic mass is 35.5. The van der Waals surface area contributed by atoms with Gasteiger partial charge in [0, 0.05) is 45.3 Å². The van der Waals surface area contributed by atoms with E-state index in [9.17, 15) is 0 Å². The van der Waals surface area contributed by atoms with Gasteiger partial charge < -0.3 is 5.32 Å². The Kier molecular flexibility index (Phi) is 10.3. The zero-order chi connectivity index (χ0) is 13.7. The first-order chi connectivity index (χ1) is 9.18. The molecule has 1 saturated heterocycles. The van der Waals surface area contributed by atoms with Crippen LogP contribution < -0.4 is 5.32 Å². The van der Waals surface area contributed by atoms with E-state index in [0.717, 1.165) is 19.6 Å². The van der Waals surface area contributed by atoms with Gasteiger partial charge in [0.1, 0.15) is 0 Å². The molecular formula is C16H29Cl2N3. The van der Waals surface area contributed by atoms with Gasteiger partial charge in [-0.25, -0.2) is 0 Å². The monoisotopic (exact) mass is 333 g/mol. The first-order valence-corrected chi connectivity index (χ1v) is 7.37. The van der Waals surface area contributed by atoms with E-state index >= 15 is 0 Å². The molecular weight excluding hydrogens is 305 g/mol. The number of nitrogens with one attached hydrogen (secondary N) is 1. The minimum absolute atomic E-state index is 0. The van der Waals surface area contributed by atoms with Crippen molar-refractivity contribution in [2.45, 2.75) is 19.9 Å². The second-order valence-corrected chi connectivity index (χ2v) is 5.60. The smallest absolute Gasteiger partial charge is 0.0319 e. The summed E-state index contributed by atoms with van der Waals surface area (Å²) in [6.07, 6.45) is 0. The lowest BCUT2D eigenvalue weighted by Gasteiger charge is -2.31. The molecule has 21 heavy (non-hydrogen) atoms. The average Bonchev–Trinajstić information content (AvgIpc) is 2.45. The fourth-order valence-electron chi connectivity index (χ4n) is 2.72. The second kappa shape index (κ2) is 10.4. The summed E-state index contributed by atoms with van der Waals surface area (Å²) in [5.74, 6) is 0. The van der Waals surface area contributed by atoms with Crippen LogP contribution in [0.25, 0.3) is 0 Å². The van der Waals surface area contributed by atoms with Crippen LogP contribution in [0.4, 0.5) is 0 Å². The van der Waals surface area contributed by atoms with Crippen LogP contribution in [0, 0.1) is 6.92 Å². The van der Waals surface area contributed by atoms with Gasteiger partial charge in [-0.05, 0) is 32.0 Å². The third-order valence-electron chi connectivity index (χ3n) is 4.28. The van der Waals surface area contributed by atoms with Crippen molar-refractivity contribution in [1.29, 1.82) is 0 Å². The summed E-state index contributed by atoms with van der Waals surface area (Å²) in [4.78, 5) is 5.02. The van der Waals surface area contributed by atoms with Crippen LogP contribution in [0.3, 0.4) is 0 Å². The molecule has 1 aromatic rings. The standard InChI is InChI=1S/C16H27N3.2ClH/c1-14-6-4-5-7-16(14)15(2)18(3)12-13-19-10-8-17-9-11-19;;/h4-7,15,17H,8-13H2,1-3H3;2*1H. The van der Waals surface area contributed by atoms with Crippen molar-refractivity contribution in [2.24, 2.45) is 0 Å². The van der Waals surface area contributed by atoms with Crippen LogP contribution in [0.1, 0.15) is 24.1 Å². The molecule has 1 aliphatic heterocycles. The molecule has 0 bridgehead atoms. The first kappa shape index (κ1) is 20.7. The Morgan fingerprint density at radius 1 is 1.19 bits per heavy atom. The molecule has 5 heteroatoms. The van der Waals surface area contributed by atoms with E-state index < -0.39 is 0 Å². The van der Waals surface area contributed by atoms with E-state index in [4.69, 9.17) is 0 Å². The van der Waals surface area contributed by atoms with E-state index in [1.54, 1.807) is 0 Å². The molecule has 1 heterocycles. The van der Waals surface area contributed by atoms with Crippen molar-refractivity contribution in [3.8, 4) is 0 Å². The topological polar surface area (TPSA) is 18.5 Å². The molecule has 1 fully saturated rings. The summed E-state index contributed by atoms with van der Waals surface area (Å²) in [6, 6.07) is 9.20. The molecule has 1 N–H and O–H groups in total. The molecule has 0 aromatic heterocycles. The van der Waals surface area contributed by atoms with Crippen LogP contribution in [0.5, 0.6) is 0 Å². The maximum Gasteiger partial charge on any atom is 0.0319 e. The highest BCUT2D eigenvalue weighted by Crippen LogP contribution is 2.21. The van der Waals surface area contributed by atoms with Crippen molar-refractivity contribution in [3.05, 3.63) is 35.4 Å². The lowest BCUT2D eigenvalue weighted by molar-refractivity contribution is 0.183. The van der Waals surface area contributed by atoms with Crippen molar-refractivity contribution in [2.75, 3.05) is 46.3 Å². The Morgan fingerprint density at radius 2 is 1.81 bits per heavy atom. The van der Waals surface area contributed by atoms with Crippen molar-refractivity contribution in [1.82, 2.24) is 15.1 Å². The molecule has 0 amide bonds. The van der Waals surface area contributed by atoms with Gasteiger partial charge in [-0.1, -0.05) is 24.3 Å². The van der Waals surface area contributed by atoms with Gasteiger partial charge in [0.2, 0.25) is 0 Å². The normalized spacial score (nSPS) is 17.0. The molecule has 0 radical (unpaired) electrons. The molecule has 122 valence electrons. The SMILES string of the molecule is Cc1ccccc1C(C)N(C)CCN1CCNCC1.Cl.Cl. The Hall–Kier alpha value is -0.320.